The molecule has 0 atom stereocenters. The molecule has 0 aliphatic heterocycles. The van der Waals surface area contributed by atoms with Crippen LogP contribution in [0.3, 0.4) is 0 Å². The summed E-state index contributed by atoms with van der Waals surface area (Å²) in [6.45, 7) is 0. The van der Waals surface area contributed by atoms with Crippen molar-refractivity contribution >= 4 is 28.6 Å². The lowest BCUT2D eigenvalue weighted by atomic mass is 10.4. The first kappa shape index (κ1) is 10.4. The van der Waals surface area contributed by atoms with Crippen molar-refractivity contribution in [3.05, 3.63) is 34.5 Å². The predicted molar refractivity (Wildman–Crippen MR) is 53.5 cm³/mol. The van der Waals surface area contributed by atoms with Crippen molar-refractivity contribution in [3.63, 3.8) is 0 Å². The Morgan fingerprint density at radius 2 is 1.91 bits per heavy atom. The molecule has 0 unspecified atom stereocenters. The van der Waals surface area contributed by atoms with Crippen LogP contribution in [0.25, 0.3) is 0 Å². The molecule has 0 aliphatic rings. The topological polar surface area (TPSA) is 26.3 Å². The SMILES string of the molecule is COC(=O)\C=C/C=C\C=C\I. The molecule has 0 aromatic rings. The molecular weight excluding hydrogens is 255 g/mol. The van der Waals surface area contributed by atoms with Gasteiger partial charge in [0.05, 0.1) is 7.11 Å². The van der Waals surface area contributed by atoms with E-state index in [-0.39, 0.29) is 5.97 Å². The Labute approximate surface area is 79.8 Å². The second-order valence-corrected chi connectivity index (χ2v) is 2.30. The fraction of sp³-hybridized carbons (Fsp3) is 0.125. The highest BCUT2D eigenvalue weighted by molar-refractivity contribution is 14.1. The first-order valence-corrected chi connectivity index (χ1v) is 4.24. The van der Waals surface area contributed by atoms with E-state index in [4.69, 9.17) is 0 Å². The van der Waals surface area contributed by atoms with E-state index in [9.17, 15) is 4.79 Å². The number of allylic oxidation sites excluding steroid dienone is 4. The minimum absolute atomic E-state index is 0.340. The van der Waals surface area contributed by atoms with E-state index >= 15 is 0 Å². The van der Waals surface area contributed by atoms with Gasteiger partial charge in [-0.25, -0.2) is 4.79 Å². The lowest BCUT2D eigenvalue weighted by molar-refractivity contribution is -0.134. The molecule has 11 heavy (non-hydrogen) atoms. The number of rotatable bonds is 3. The van der Waals surface area contributed by atoms with Crippen LogP contribution < -0.4 is 0 Å². The van der Waals surface area contributed by atoms with Gasteiger partial charge in [0.15, 0.2) is 0 Å². The quantitative estimate of drug-likeness (QED) is 0.338. The summed E-state index contributed by atoms with van der Waals surface area (Å²) in [4.78, 5) is 10.5. The number of methoxy groups -OCH3 is 1. The van der Waals surface area contributed by atoms with Gasteiger partial charge in [-0.1, -0.05) is 46.9 Å². The molecule has 0 bridgehead atoms. The molecule has 0 amide bonds. The Hall–Kier alpha value is -0.580. The minimum Gasteiger partial charge on any atom is -0.466 e. The maximum absolute atomic E-state index is 10.5. The van der Waals surface area contributed by atoms with Gasteiger partial charge in [0.1, 0.15) is 0 Å². The maximum Gasteiger partial charge on any atom is 0.330 e. The Morgan fingerprint density at radius 1 is 1.27 bits per heavy atom. The molecule has 0 fully saturated rings. The van der Waals surface area contributed by atoms with Gasteiger partial charge in [-0.15, -0.1) is 0 Å². The molecule has 0 saturated carbocycles. The molecule has 0 aromatic heterocycles. The molecule has 0 heterocycles. The van der Waals surface area contributed by atoms with Crippen LogP contribution in [0.5, 0.6) is 0 Å². The van der Waals surface area contributed by atoms with Crippen LogP contribution >= 0.6 is 22.6 Å². The number of ether oxygens (including phenoxy) is 1. The Bertz CT molecular complexity index is 192. The van der Waals surface area contributed by atoms with Crippen LogP contribution in [-0.2, 0) is 9.53 Å². The molecule has 3 heteroatoms. The third-order valence-electron chi connectivity index (χ3n) is 0.840. The van der Waals surface area contributed by atoms with Crippen molar-refractivity contribution in [2.75, 3.05) is 7.11 Å². The van der Waals surface area contributed by atoms with Crippen molar-refractivity contribution in [1.29, 1.82) is 0 Å². The number of carbonyl (C=O) groups is 1. The number of hydrogen-bond acceptors (Lipinski definition) is 2. The van der Waals surface area contributed by atoms with Gasteiger partial charge in [0.2, 0.25) is 0 Å². The largest absolute Gasteiger partial charge is 0.466 e. The van der Waals surface area contributed by atoms with Crippen LogP contribution in [0.15, 0.2) is 34.5 Å². The van der Waals surface area contributed by atoms with E-state index < -0.39 is 0 Å². The smallest absolute Gasteiger partial charge is 0.330 e. The van der Waals surface area contributed by atoms with Crippen LogP contribution in [0.4, 0.5) is 0 Å². The first-order valence-electron chi connectivity index (χ1n) is 2.99. The maximum atomic E-state index is 10.5. The van der Waals surface area contributed by atoms with Crippen molar-refractivity contribution in [1.82, 2.24) is 0 Å². The van der Waals surface area contributed by atoms with Crippen molar-refractivity contribution in [2.45, 2.75) is 0 Å². The summed E-state index contributed by atoms with van der Waals surface area (Å²) in [5, 5.41) is 0. The van der Waals surface area contributed by atoms with Gasteiger partial charge >= 0.3 is 5.97 Å². The minimum atomic E-state index is -0.340. The highest BCUT2D eigenvalue weighted by Crippen LogP contribution is 1.86. The van der Waals surface area contributed by atoms with E-state index in [0.29, 0.717) is 0 Å². The zero-order valence-corrected chi connectivity index (χ0v) is 8.32. The lowest BCUT2D eigenvalue weighted by Crippen LogP contribution is -1.92. The van der Waals surface area contributed by atoms with Gasteiger partial charge in [-0.2, -0.15) is 0 Å². The zero-order chi connectivity index (χ0) is 8.53. The molecule has 0 rings (SSSR count). The average Bonchev–Trinajstić information content (AvgIpc) is 2.04. The fourth-order valence-corrected chi connectivity index (χ4v) is 0.612. The normalized spacial score (nSPS) is 11.8. The van der Waals surface area contributed by atoms with Gasteiger partial charge in [0.25, 0.3) is 0 Å². The third-order valence-corrected chi connectivity index (χ3v) is 1.25. The number of carbonyl (C=O) groups excluding carboxylic acids is 1. The molecule has 0 N–H and O–H groups in total. The molecule has 0 spiro atoms. The second kappa shape index (κ2) is 7.53. The Balaban J connectivity index is 3.68. The highest BCUT2D eigenvalue weighted by Gasteiger charge is 1.85. The molecule has 0 radical (unpaired) electrons. The van der Waals surface area contributed by atoms with Gasteiger partial charge in [-0.05, 0) is 4.08 Å². The summed E-state index contributed by atoms with van der Waals surface area (Å²) in [6, 6.07) is 0. The zero-order valence-electron chi connectivity index (χ0n) is 6.16. The molecule has 0 saturated heterocycles. The number of esters is 1. The van der Waals surface area contributed by atoms with Crippen LogP contribution in [0, 0.1) is 0 Å². The fourth-order valence-electron chi connectivity index (χ4n) is 0.372. The molecular formula is C8H9IO2. The summed E-state index contributed by atoms with van der Waals surface area (Å²) in [5.41, 5.74) is 0. The number of halogens is 1. The summed E-state index contributed by atoms with van der Waals surface area (Å²) in [5.74, 6) is -0.340. The summed E-state index contributed by atoms with van der Waals surface area (Å²) in [6.07, 6.45) is 8.43. The van der Waals surface area contributed by atoms with Crippen molar-refractivity contribution < 1.29 is 9.53 Å². The number of hydrogen-bond donors (Lipinski definition) is 0. The van der Waals surface area contributed by atoms with Crippen LogP contribution in [0.1, 0.15) is 0 Å². The predicted octanol–water partition coefficient (Wildman–Crippen LogP) is 2.22. The lowest BCUT2D eigenvalue weighted by Gasteiger charge is -1.85. The van der Waals surface area contributed by atoms with Gasteiger partial charge in [-0.3, -0.25) is 0 Å². The molecule has 60 valence electrons. The third kappa shape index (κ3) is 7.32. The second-order valence-electron chi connectivity index (χ2n) is 1.59. The highest BCUT2D eigenvalue weighted by atomic mass is 127. The standard InChI is InChI=1S/C8H9IO2/c1-11-8(10)6-4-2-3-5-7-9/h2-7H,1H3/b3-2-,6-4-,7-5+. The molecule has 2 nitrogen and oxygen atoms in total. The monoisotopic (exact) mass is 264 g/mol. The first-order chi connectivity index (χ1) is 5.31. The van der Waals surface area contributed by atoms with Gasteiger partial charge in [0, 0.05) is 6.08 Å². The summed E-state index contributed by atoms with van der Waals surface area (Å²) < 4.78 is 6.25. The van der Waals surface area contributed by atoms with E-state index in [2.05, 4.69) is 27.3 Å². The summed E-state index contributed by atoms with van der Waals surface area (Å²) in [7, 11) is 1.35. The van der Waals surface area contributed by atoms with Gasteiger partial charge < -0.3 is 4.74 Å². The van der Waals surface area contributed by atoms with E-state index in [1.54, 1.807) is 12.2 Å². The van der Waals surface area contributed by atoms with E-state index in [1.807, 2.05) is 16.2 Å². The van der Waals surface area contributed by atoms with E-state index in [0.717, 1.165) is 0 Å². The average molecular weight is 264 g/mol. The molecule has 0 aliphatic carbocycles. The van der Waals surface area contributed by atoms with Crippen molar-refractivity contribution in [3.8, 4) is 0 Å². The van der Waals surface area contributed by atoms with Crippen molar-refractivity contribution in [2.24, 2.45) is 0 Å². The van der Waals surface area contributed by atoms with Crippen LogP contribution in [-0.4, -0.2) is 13.1 Å². The summed E-state index contributed by atoms with van der Waals surface area (Å²) >= 11 is 2.11. The molecule has 0 aromatic carbocycles. The van der Waals surface area contributed by atoms with Crippen LogP contribution in [0.2, 0.25) is 0 Å². The van der Waals surface area contributed by atoms with E-state index in [1.165, 1.54) is 13.2 Å². The Kier molecular flexibility index (Phi) is 7.13. The Morgan fingerprint density at radius 3 is 2.45 bits per heavy atom.